The molecule has 1 fully saturated rings. The number of pyridine rings is 1. The lowest BCUT2D eigenvalue weighted by molar-refractivity contribution is 0.153. The minimum absolute atomic E-state index is 0.327. The third-order valence-electron chi connectivity index (χ3n) is 3.27. The van der Waals surface area contributed by atoms with Crippen molar-refractivity contribution >= 4 is 0 Å². The van der Waals surface area contributed by atoms with Crippen LogP contribution in [0.15, 0.2) is 48.7 Å². The number of rotatable bonds is 3. The predicted molar refractivity (Wildman–Crippen MR) is 67.4 cm³/mol. The third kappa shape index (κ3) is 2.22. The molecule has 0 saturated heterocycles. The van der Waals surface area contributed by atoms with E-state index < -0.39 is 0 Å². The van der Waals surface area contributed by atoms with E-state index in [1.54, 1.807) is 6.20 Å². The maximum Gasteiger partial charge on any atom is 0.0833 e. The third-order valence-corrected chi connectivity index (χ3v) is 3.27. The van der Waals surface area contributed by atoms with E-state index in [9.17, 15) is 5.11 Å². The molecule has 86 valence electrons. The minimum Gasteiger partial charge on any atom is -0.388 e. The Morgan fingerprint density at radius 3 is 2.41 bits per heavy atom. The van der Waals surface area contributed by atoms with Gasteiger partial charge in [-0.25, -0.2) is 0 Å². The summed E-state index contributed by atoms with van der Waals surface area (Å²) < 4.78 is 0. The Balaban J connectivity index is 1.85. The zero-order valence-electron chi connectivity index (χ0n) is 9.58. The highest BCUT2D eigenvalue weighted by Gasteiger charge is 2.30. The van der Waals surface area contributed by atoms with E-state index in [0.29, 0.717) is 5.92 Å². The van der Waals surface area contributed by atoms with Crippen LogP contribution in [0.25, 0.3) is 11.3 Å². The first-order valence-electron chi connectivity index (χ1n) is 6.04. The molecule has 1 atom stereocenters. The van der Waals surface area contributed by atoms with Crippen LogP contribution in [0.4, 0.5) is 0 Å². The highest BCUT2D eigenvalue weighted by atomic mass is 16.3. The van der Waals surface area contributed by atoms with Gasteiger partial charge >= 0.3 is 0 Å². The molecule has 1 aliphatic rings. The summed E-state index contributed by atoms with van der Waals surface area (Å²) in [6.45, 7) is 0. The van der Waals surface area contributed by atoms with E-state index in [1.165, 1.54) is 0 Å². The van der Waals surface area contributed by atoms with Gasteiger partial charge in [-0.15, -0.1) is 0 Å². The van der Waals surface area contributed by atoms with Gasteiger partial charge in [0.25, 0.3) is 0 Å². The summed E-state index contributed by atoms with van der Waals surface area (Å²) in [6, 6.07) is 14.1. The summed E-state index contributed by atoms with van der Waals surface area (Å²) in [5.74, 6) is 0.458. The van der Waals surface area contributed by atoms with Crippen LogP contribution in [0, 0.1) is 5.92 Å². The molecular weight excluding hydrogens is 210 g/mol. The van der Waals surface area contributed by atoms with Crippen molar-refractivity contribution in [3.05, 3.63) is 54.2 Å². The Morgan fingerprint density at radius 1 is 1.06 bits per heavy atom. The predicted octanol–water partition coefficient (Wildman–Crippen LogP) is 3.19. The standard InChI is InChI=1S/C15H15NO/c17-15(12-6-7-12)13-8-9-14(16-10-13)11-4-2-1-3-5-11/h1-5,8-10,12,15,17H,6-7H2. The maximum atomic E-state index is 9.98. The summed E-state index contributed by atoms with van der Waals surface area (Å²) in [5, 5.41) is 9.98. The molecule has 1 aromatic carbocycles. The fourth-order valence-corrected chi connectivity index (χ4v) is 2.04. The lowest BCUT2D eigenvalue weighted by Crippen LogP contribution is -2.00. The summed E-state index contributed by atoms with van der Waals surface area (Å²) in [4.78, 5) is 4.42. The molecule has 1 unspecified atom stereocenters. The monoisotopic (exact) mass is 225 g/mol. The normalized spacial score (nSPS) is 16.8. The SMILES string of the molecule is OC(c1ccc(-c2ccccc2)nc1)C1CC1. The topological polar surface area (TPSA) is 33.1 Å². The Morgan fingerprint density at radius 2 is 1.82 bits per heavy atom. The van der Waals surface area contributed by atoms with Crippen molar-refractivity contribution in [1.29, 1.82) is 0 Å². The molecule has 2 aromatic rings. The average molecular weight is 225 g/mol. The number of nitrogens with zero attached hydrogens (tertiary/aromatic N) is 1. The van der Waals surface area contributed by atoms with Crippen LogP contribution in [0.2, 0.25) is 0 Å². The van der Waals surface area contributed by atoms with E-state index in [0.717, 1.165) is 29.7 Å². The number of benzene rings is 1. The Labute approximate surface area is 101 Å². The zero-order chi connectivity index (χ0) is 11.7. The molecule has 2 heteroatoms. The molecule has 3 rings (SSSR count). The van der Waals surface area contributed by atoms with Gasteiger partial charge in [-0.1, -0.05) is 36.4 Å². The van der Waals surface area contributed by atoms with E-state index in [1.807, 2.05) is 42.5 Å². The van der Waals surface area contributed by atoms with Crippen LogP contribution < -0.4 is 0 Å². The van der Waals surface area contributed by atoms with Crippen molar-refractivity contribution in [2.45, 2.75) is 18.9 Å². The van der Waals surface area contributed by atoms with Gasteiger partial charge in [0.2, 0.25) is 0 Å². The Hall–Kier alpha value is -1.67. The molecule has 0 bridgehead atoms. The summed E-state index contributed by atoms with van der Waals surface area (Å²) in [5.41, 5.74) is 3.00. The summed E-state index contributed by atoms with van der Waals surface area (Å²) >= 11 is 0. The number of aromatic nitrogens is 1. The molecule has 1 saturated carbocycles. The van der Waals surface area contributed by atoms with Crippen LogP contribution in [0.5, 0.6) is 0 Å². The fraction of sp³-hybridized carbons (Fsp3) is 0.267. The van der Waals surface area contributed by atoms with E-state index in [4.69, 9.17) is 0 Å². The molecule has 1 heterocycles. The van der Waals surface area contributed by atoms with Gasteiger partial charge in [0.05, 0.1) is 11.8 Å². The van der Waals surface area contributed by atoms with Crippen molar-refractivity contribution in [3.63, 3.8) is 0 Å². The summed E-state index contributed by atoms with van der Waals surface area (Å²) in [6.07, 6.45) is 3.75. The zero-order valence-corrected chi connectivity index (χ0v) is 9.58. The average Bonchev–Trinajstić information content (AvgIpc) is 3.24. The van der Waals surface area contributed by atoms with Crippen LogP contribution in [0.1, 0.15) is 24.5 Å². The molecule has 1 aromatic heterocycles. The van der Waals surface area contributed by atoms with E-state index in [-0.39, 0.29) is 6.10 Å². The molecule has 0 amide bonds. The smallest absolute Gasteiger partial charge is 0.0833 e. The molecule has 1 aliphatic carbocycles. The largest absolute Gasteiger partial charge is 0.388 e. The van der Waals surface area contributed by atoms with Crippen molar-refractivity contribution in [1.82, 2.24) is 4.98 Å². The highest BCUT2D eigenvalue weighted by molar-refractivity contribution is 5.58. The van der Waals surface area contributed by atoms with Gasteiger partial charge in [0, 0.05) is 11.8 Å². The molecule has 2 nitrogen and oxygen atoms in total. The van der Waals surface area contributed by atoms with Crippen molar-refractivity contribution < 1.29 is 5.11 Å². The van der Waals surface area contributed by atoms with Crippen molar-refractivity contribution in [2.75, 3.05) is 0 Å². The van der Waals surface area contributed by atoms with Gasteiger partial charge in [-0.2, -0.15) is 0 Å². The van der Waals surface area contributed by atoms with Gasteiger partial charge in [-0.05, 0) is 30.4 Å². The fourth-order valence-electron chi connectivity index (χ4n) is 2.04. The molecule has 0 radical (unpaired) electrons. The first-order chi connectivity index (χ1) is 8.34. The van der Waals surface area contributed by atoms with Crippen molar-refractivity contribution in [2.24, 2.45) is 5.92 Å². The first kappa shape index (κ1) is 10.5. The van der Waals surface area contributed by atoms with Gasteiger partial charge in [-0.3, -0.25) is 4.98 Å². The minimum atomic E-state index is -0.327. The second-order valence-corrected chi connectivity index (χ2v) is 4.63. The Kier molecular flexibility index (Phi) is 2.65. The second-order valence-electron chi connectivity index (χ2n) is 4.63. The number of hydrogen-bond acceptors (Lipinski definition) is 2. The number of aliphatic hydroxyl groups is 1. The van der Waals surface area contributed by atoms with Gasteiger partial charge < -0.3 is 5.11 Å². The molecule has 0 spiro atoms. The van der Waals surface area contributed by atoms with Gasteiger partial charge in [0.1, 0.15) is 0 Å². The second kappa shape index (κ2) is 4.30. The van der Waals surface area contributed by atoms with Crippen LogP contribution in [0.3, 0.4) is 0 Å². The van der Waals surface area contributed by atoms with Crippen LogP contribution in [-0.2, 0) is 0 Å². The quantitative estimate of drug-likeness (QED) is 0.870. The lowest BCUT2D eigenvalue weighted by atomic mass is 10.1. The van der Waals surface area contributed by atoms with Crippen LogP contribution >= 0.6 is 0 Å². The van der Waals surface area contributed by atoms with Crippen molar-refractivity contribution in [3.8, 4) is 11.3 Å². The number of aliphatic hydroxyl groups excluding tert-OH is 1. The molecule has 17 heavy (non-hydrogen) atoms. The summed E-state index contributed by atoms with van der Waals surface area (Å²) in [7, 11) is 0. The lowest BCUT2D eigenvalue weighted by Gasteiger charge is -2.09. The molecular formula is C15H15NO. The first-order valence-corrected chi connectivity index (χ1v) is 6.04. The highest BCUT2D eigenvalue weighted by Crippen LogP contribution is 2.40. The number of hydrogen-bond donors (Lipinski definition) is 1. The van der Waals surface area contributed by atoms with Gasteiger partial charge in [0.15, 0.2) is 0 Å². The van der Waals surface area contributed by atoms with E-state index >= 15 is 0 Å². The Bertz CT molecular complexity index is 488. The maximum absolute atomic E-state index is 9.98. The van der Waals surface area contributed by atoms with Crippen LogP contribution in [-0.4, -0.2) is 10.1 Å². The molecule has 1 N–H and O–H groups in total. The molecule has 0 aliphatic heterocycles. The van der Waals surface area contributed by atoms with E-state index in [2.05, 4.69) is 4.98 Å².